The minimum atomic E-state index is -0.219. The van der Waals surface area contributed by atoms with Crippen LogP contribution in [0.1, 0.15) is 39.0 Å². The molecule has 0 atom stereocenters. The minimum absolute atomic E-state index is 0.214. The van der Waals surface area contributed by atoms with E-state index in [0.717, 1.165) is 22.6 Å². The van der Waals surface area contributed by atoms with E-state index in [1.54, 1.807) is 35.7 Å². The van der Waals surface area contributed by atoms with Crippen LogP contribution in [0.5, 0.6) is 0 Å². The quantitative estimate of drug-likeness (QED) is 0.331. The number of hydrogen-bond donors (Lipinski definition) is 0. The molecule has 0 bridgehead atoms. The van der Waals surface area contributed by atoms with Gasteiger partial charge >= 0.3 is 0 Å². The number of thioether (sulfide) groups is 2. The van der Waals surface area contributed by atoms with Crippen LogP contribution in [0.25, 0.3) is 0 Å². The Labute approximate surface area is 151 Å². The van der Waals surface area contributed by atoms with E-state index >= 15 is 0 Å². The molecule has 0 aromatic heterocycles. The van der Waals surface area contributed by atoms with Crippen LogP contribution in [0.2, 0.25) is 0 Å². The van der Waals surface area contributed by atoms with E-state index in [1.807, 2.05) is 12.1 Å². The molecule has 0 saturated heterocycles. The molecule has 24 heavy (non-hydrogen) atoms. The fraction of sp³-hybridized carbons (Fsp3) is 0.300. The maximum Gasteiger partial charge on any atom is 0.123 e. The molecule has 0 amide bonds. The SMILES string of the molecule is CCCCCC/C(=C\Sc1ccc(F)cc1)Sc1ccc(F)cc1. The molecule has 2 aromatic rings. The predicted octanol–water partition coefficient (Wildman–Crippen LogP) is 7.66. The van der Waals surface area contributed by atoms with E-state index in [1.165, 1.54) is 48.4 Å². The topological polar surface area (TPSA) is 0 Å². The molecule has 0 aliphatic carbocycles. The first-order valence-electron chi connectivity index (χ1n) is 8.22. The molecule has 2 rings (SSSR count). The average molecular weight is 365 g/mol. The van der Waals surface area contributed by atoms with Crippen LogP contribution in [-0.4, -0.2) is 0 Å². The molecule has 0 spiro atoms. The Morgan fingerprint density at radius 3 is 2.00 bits per heavy atom. The van der Waals surface area contributed by atoms with E-state index < -0.39 is 0 Å². The van der Waals surface area contributed by atoms with Gasteiger partial charge in [-0.1, -0.05) is 49.7 Å². The standard InChI is InChI=1S/C20H22F2S2/c1-2-3-4-5-6-20(24-19-13-9-17(22)10-14-19)15-23-18-11-7-16(21)8-12-18/h7-15H,2-6H2,1H3/b20-15+. The summed E-state index contributed by atoms with van der Waals surface area (Å²) in [6, 6.07) is 13.1. The summed E-state index contributed by atoms with van der Waals surface area (Å²) in [6.45, 7) is 2.20. The van der Waals surface area contributed by atoms with E-state index in [2.05, 4.69) is 12.3 Å². The van der Waals surface area contributed by atoms with Crippen LogP contribution >= 0.6 is 23.5 Å². The van der Waals surface area contributed by atoms with Crippen LogP contribution in [0.4, 0.5) is 8.78 Å². The lowest BCUT2D eigenvalue weighted by molar-refractivity contribution is 0.626. The Bertz CT molecular complexity index is 634. The fourth-order valence-corrected chi connectivity index (χ4v) is 4.00. The zero-order valence-corrected chi connectivity index (χ0v) is 15.4. The van der Waals surface area contributed by atoms with Gasteiger partial charge in [-0.3, -0.25) is 0 Å². The number of halogens is 2. The first-order valence-corrected chi connectivity index (χ1v) is 9.91. The smallest absolute Gasteiger partial charge is 0.123 e. The molecule has 0 N–H and O–H groups in total. The van der Waals surface area contributed by atoms with Gasteiger partial charge in [0.25, 0.3) is 0 Å². The van der Waals surface area contributed by atoms with Gasteiger partial charge in [0.1, 0.15) is 11.6 Å². The van der Waals surface area contributed by atoms with Crippen LogP contribution in [0.15, 0.2) is 68.6 Å². The third-order valence-electron chi connectivity index (χ3n) is 3.48. The van der Waals surface area contributed by atoms with Crippen molar-refractivity contribution < 1.29 is 8.78 Å². The summed E-state index contributed by atoms with van der Waals surface area (Å²) in [5.41, 5.74) is 0. The summed E-state index contributed by atoms with van der Waals surface area (Å²) >= 11 is 3.28. The Morgan fingerprint density at radius 1 is 0.833 bits per heavy atom. The van der Waals surface area contributed by atoms with Crippen molar-refractivity contribution in [1.29, 1.82) is 0 Å². The van der Waals surface area contributed by atoms with Crippen molar-refractivity contribution in [2.75, 3.05) is 0 Å². The maximum atomic E-state index is 13.1. The highest BCUT2D eigenvalue weighted by atomic mass is 32.2. The maximum absolute atomic E-state index is 13.1. The highest BCUT2D eigenvalue weighted by molar-refractivity contribution is 8.06. The van der Waals surface area contributed by atoms with Gasteiger partial charge in [-0.25, -0.2) is 8.78 Å². The molecule has 0 aliphatic rings. The van der Waals surface area contributed by atoms with Gasteiger partial charge in [0.2, 0.25) is 0 Å². The molecule has 0 nitrogen and oxygen atoms in total. The molecule has 0 fully saturated rings. The largest absolute Gasteiger partial charge is 0.207 e. The van der Waals surface area contributed by atoms with Crippen molar-refractivity contribution in [3.8, 4) is 0 Å². The van der Waals surface area contributed by atoms with E-state index in [-0.39, 0.29) is 11.6 Å². The average Bonchev–Trinajstić information content (AvgIpc) is 2.59. The zero-order valence-electron chi connectivity index (χ0n) is 13.8. The van der Waals surface area contributed by atoms with Crippen molar-refractivity contribution in [2.45, 2.75) is 48.8 Å². The van der Waals surface area contributed by atoms with Gasteiger partial charge in [-0.05, 0) is 71.7 Å². The molecule has 128 valence electrons. The van der Waals surface area contributed by atoms with Crippen molar-refractivity contribution in [3.63, 3.8) is 0 Å². The highest BCUT2D eigenvalue weighted by Crippen LogP contribution is 2.34. The third-order valence-corrected chi connectivity index (χ3v) is 5.67. The summed E-state index contributed by atoms with van der Waals surface area (Å²) in [6.07, 6.45) is 5.85. The van der Waals surface area contributed by atoms with Gasteiger partial charge in [-0.15, -0.1) is 0 Å². The fourth-order valence-electron chi connectivity index (χ4n) is 2.16. The number of unbranched alkanes of at least 4 members (excludes halogenated alkanes) is 3. The lowest BCUT2D eigenvalue weighted by Gasteiger charge is -2.08. The molecular weight excluding hydrogens is 342 g/mol. The molecule has 0 saturated carbocycles. The molecule has 0 radical (unpaired) electrons. The molecule has 0 aliphatic heterocycles. The van der Waals surface area contributed by atoms with Gasteiger partial charge in [0.15, 0.2) is 0 Å². The molecule has 0 unspecified atom stereocenters. The van der Waals surface area contributed by atoms with Crippen LogP contribution in [0, 0.1) is 11.6 Å². The normalized spacial score (nSPS) is 11.7. The van der Waals surface area contributed by atoms with Crippen molar-refractivity contribution in [1.82, 2.24) is 0 Å². The summed E-state index contributed by atoms with van der Waals surface area (Å²) < 4.78 is 26.0. The Balaban J connectivity index is 2.01. The monoisotopic (exact) mass is 364 g/mol. The van der Waals surface area contributed by atoms with Crippen LogP contribution < -0.4 is 0 Å². The number of hydrogen-bond acceptors (Lipinski definition) is 2. The Kier molecular flexibility index (Phi) is 8.40. The second-order valence-corrected chi connectivity index (χ2v) is 7.67. The number of benzene rings is 2. The molecular formula is C20H22F2S2. The van der Waals surface area contributed by atoms with Crippen molar-refractivity contribution in [3.05, 3.63) is 70.5 Å². The summed E-state index contributed by atoms with van der Waals surface area (Å²) in [7, 11) is 0. The lowest BCUT2D eigenvalue weighted by Crippen LogP contribution is -1.82. The van der Waals surface area contributed by atoms with Crippen LogP contribution in [-0.2, 0) is 0 Å². The molecule has 4 heteroatoms. The van der Waals surface area contributed by atoms with Crippen LogP contribution in [0.3, 0.4) is 0 Å². The Morgan fingerprint density at radius 2 is 1.42 bits per heavy atom. The minimum Gasteiger partial charge on any atom is -0.207 e. The highest BCUT2D eigenvalue weighted by Gasteiger charge is 2.03. The number of allylic oxidation sites excluding steroid dienone is 1. The van der Waals surface area contributed by atoms with Crippen molar-refractivity contribution in [2.24, 2.45) is 0 Å². The van der Waals surface area contributed by atoms with Gasteiger partial charge in [-0.2, -0.15) is 0 Å². The van der Waals surface area contributed by atoms with Crippen molar-refractivity contribution >= 4 is 23.5 Å². The number of rotatable bonds is 9. The predicted molar refractivity (Wildman–Crippen MR) is 101 cm³/mol. The second kappa shape index (κ2) is 10.6. The first-order chi connectivity index (χ1) is 11.7. The second-order valence-electron chi connectivity index (χ2n) is 5.52. The third kappa shape index (κ3) is 7.10. The molecule has 2 aromatic carbocycles. The summed E-state index contributed by atoms with van der Waals surface area (Å²) in [4.78, 5) is 3.31. The lowest BCUT2D eigenvalue weighted by atomic mass is 10.1. The summed E-state index contributed by atoms with van der Waals surface area (Å²) in [5.74, 6) is -0.433. The van der Waals surface area contributed by atoms with Gasteiger partial charge in [0.05, 0.1) is 0 Å². The first kappa shape index (κ1) is 19.1. The summed E-state index contributed by atoms with van der Waals surface area (Å²) in [5, 5.41) is 2.13. The van der Waals surface area contributed by atoms with E-state index in [0.29, 0.717) is 0 Å². The Hall–Kier alpha value is -1.26. The van der Waals surface area contributed by atoms with Gasteiger partial charge < -0.3 is 0 Å². The molecule has 0 heterocycles. The van der Waals surface area contributed by atoms with Gasteiger partial charge in [0, 0.05) is 9.79 Å². The zero-order chi connectivity index (χ0) is 17.2. The van der Waals surface area contributed by atoms with E-state index in [9.17, 15) is 8.78 Å². The van der Waals surface area contributed by atoms with E-state index in [4.69, 9.17) is 0 Å².